The van der Waals surface area contributed by atoms with Crippen molar-refractivity contribution < 1.29 is 4.74 Å². The van der Waals surface area contributed by atoms with Crippen molar-refractivity contribution >= 4 is 11.8 Å². The van der Waals surface area contributed by atoms with E-state index in [9.17, 15) is 0 Å². The molecule has 0 amide bonds. The molecule has 3 nitrogen and oxygen atoms in total. The summed E-state index contributed by atoms with van der Waals surface area (Å²) in [6.45, 7) is 6.65. The Kier molecular flexibility index (Phi) is 4.66. The Labute approximate surface area is 128 Å². The summed E-state index contributed by atoms with van der Waals surface area (Å²) in [5.41, 5.74) is 6.55. The van der Waals surface area contributed by atoms with Gasteiger partial charge >= 0.3 is 0 Å². The normalized spacial score (nSPS) is 34.2. The van der Waals surface area contributed by atoms with Crippen molar-refractivity contribution in [3.05, 3.63) is 0 Å². The summed E-state index contributed by atoms with van der Waals surface area (Å²) in [6.07, 6.45) is 7.57. The molecule has 0 aromatic heterocycles. The number of rotatable bonds is 2. The summed E-state index contributed by atoms with van der Waals surface area (Å²) in [4.78, 5) is 2.74. The van der Waals surface area contributed by atoms with Gasteiger partial charge in [0.25, 0.3) is 0 Å². The van der Waals surface area contributed by atoms with Crippen LogP contribution in [-0.2, 0) is 4.74 Å². The van der Waals surface area contributed by atoms with Gasteiger partial charge in [-0.1, -0.05) is 6.92 Å². The summed E-state index contributed by atoms with van der Waals surface area (Å²) < 4.78 is 6.23. The predicted octanol–water partition coefficient (Wildman–Crippen LogP) is 2.49. The van der Waals surface area contributed by atoms with Gasteiger partial charge in [-0.3, -0.25) is 0 Å². The minimum Gasteiger partial charge on any atom is -0.375 e. The molecule has 3 heterocycles. The van der Waals surface area contributed by atoms with Gasteiger partial charge in [-0.25, -0.2) is 0 Å². The maximum Gasteiger partial charge on any atom is 0.0713 e. The van der Waals surface area contributed by atoms with E-state index in [2.05, 4.69) is 23.6 Å². The molecular formula is C16H30N2OS. The molecule has 1 unspecified atom stereocenters. The van der Waals surface area contributed by atoms with Crippen LogP contribution in [0.4, 0.5) is 0 Å². The molecule has 3 fully saturated rings. The average molecular weight is 298 g/mol. The highest BCUT2D eigenvalue weighted by molar-refractivity contribution is 7.99. The first-order valence-electron chi connectivity index (χ1n) is 8.31. The first-order valence-corrected chi connectivity index (χ1v) is 9.46. The van der Waals surface area contributed by atoms with E-state index in [0.717, 1.165) is 19.2 Å². The highest BCUT2D eigenvalue weighted by Gasteiger charge is 2.41. The molecular weight excluding hydrogens is 268 g/mol. The highest BCUT2D eigenvalue weighted by atomic mass is 32.2. The van der Waals surface area contributed by atoms with E-state index < -0.39 is 0 Å². The number of hydrogen-bond acceptors (Lipinski definition) is 4. The quantitative estimate of drug-likeness (QED) is 0.850. The van der Waals surface area contributed by atoms with Gasteiger partial charge in [0.05, 0.1) is 5.60 Å². The van der Waals surface area contributed by atoms with Gasteiger partial charge in [-0.2, -0.15) is 11.8 Å². The molecule has 2 N–H and O–H groups in total. The third-order valence-electron chi connectivity index (χ3n) is 5.89. The van der Waals surface area contributed by atoms with Crippen LogP contribution in [0.1, 0.15) is 45.4 Å². The molecule has 0 aromatic rings. The van der Waals surface area contributed by atoms with Crippen molar-refractivity contribution in [3.8, 4) is 0 Å². The molecule has 3 aliphatic heterocycles. The van der Waals surface area contributed by atoms with Gasteiger partial charge in [-0.15, -0.1) is 0 Å². The number of ether oxygens (including phenoxy) is 1. The standard InChI is InChI=1S/C16H30N2OS/c1-15(13-17)3-7-18(8-4-15)14-2-9-19-16(12-14)5-10-20-11-6-16/h14H,2-13,17H2,1H3. The van der Waals surface area contributed by atoms with Gasteiger partial charge in [0.1, 0.15) is 0 Å². The van der Waals surface area contributed by atoms with Gasteiger partial charge in [-0.05, 0) is 75.1 Å². The average Bonchev–Trinajstić information content (AvgIpc) is 2.49. The fraction of sp³-hybridized carbons (Fsp3) is 1.00. The van der Waals surface area contributed by atoms with Crippen molar-refractivity contribution in [1.29, 1.82) is 0 Å². The largest absolute Gasteiger partial charge is 0.375 e. The summed E-state index contributed by atoms with van der Waals surface area (Å²) in [5.74, 6) is 2.58. The van der Waals surface area contributed by atoms with Crippen LogP contribution in [0.25, 0.3) is 0 Å². The molecule has 116 valence electrons. The molecule has 0 aliphatic carbocycles. The van der Waals surface area contributed by atoms with Gasteiger partial charge in [0.2, 0.25) is 0 Å². The molecule has 3 rings (SSSR count). The number of nitrogens with two attached hydrogens (primary N) is 1. The predicted molar refractivity (Wildman–Crippen MR) is 86.2 cm³/mol. The molecule has 3 aliphatic rings. The molecule has 1 atom stereocenters. The monoisotopic (exact) mass is 298 g/mol. The fourth-order valence-electron chi connectivity index (χ4n) is 4.04. The Balaban J connectivity index is 1.58. The maximum atomic E-state index is 6.23. The minimum absolute atomic E-state index is 0.225. The van der Waals surface area contributed by atoms with E-state index in [-0.39, 0.29) is 5.60 Å². The van der Waals surface area contributed by atoms with E-state index in [4.69, 9.17) is 10.5 Å². The Morgan fingerprint density at radius 3 is 2.55 bits per heavy atom. The Hall–Kier alpha value is 0.230. The van der Waals surface area contributed by atoms with Crippen LogP contribution in [-0.4, -0.2) is 54.3 Å². The fourth-order valence-corrected chi connectivity index (χ4v) is 5.28. The van der Waals surface area contributed by atoms with Crippen LogP contribution < -0.4 is 5.73 Å². The van der Waals surface area contributed by atoms with Crippen LogP contribution in [0, 0.1) is 5.41 Å². The zero-order valence-corrected chi connectivity index (χ0v) is 13.7. The minimum atomic E-state index is 0.225. The second kappa shape index (κ2) is 6.15. The number of piperidine rings is 1. The molecule has 1 spiro atoms. The van der Waals surface area contributed by atoms with Crippen molar-refractivity contribution in [2.75, 3.05) is 37.7 Å². The first-order chi connectivity index (χ1) is 9.65. The van der Waals surface area contributed by atoms with Gasteiger partial charge < -0.3 is 15.4 Å². The van der Waals surface area contributed by atoms with E-state index in [1.165, 1.54) is 63.1 Å². The lowest BCUT2D eigenvalue weighted by molar-refractivity contribution is -0.114. The van der Waals surface area contributed by atoms with E-state index in [1.54, 1.807) is 0 Å². The van der Waals surface area contributed by atoms with Crippen molar-refractivity contribution in [2.24, 2.45) is 11.1 Å². The van der Waals surface area contributed by atoms with Crippen LogP contribution in [0.2, 0.25) is 0 Å². The van der Waals surface area contributed by atoms with Gasteiger partial charge in [0, 0.05) is 12.6 Å². The van der Waals surface area contributed by atoms with E-state index >= 15 is 0 Å². The highest BCUT2D eigenvalue weighted by Crippen LogP contribution is 2.40. The molecule has 0 radical (unpaired) electrons. The van der Waals surface area contributed by atoms with Crippen molar-refractivity contribution in [1.82, 2.24) is 4.90 Å². The molecule has 3 saturated heterocycles. The Bertz CT molecular complexity index is 317. The number of nitrogens with zero attached hydrogens (tertiary/aromatic N) is 1. The van der Waals surface area contributed by atoms with E-state index in [0.29, 0.717) is 5.41 Å². The second-order valence-corrected chi connectivity index (χ2v) is 8.57. The second-order valence-electron chi connectivity index (χ2n) is 7.34. The summed E-state index contributed by atoms with van der Waals surface area (Å²) in [6, 6.07) is 0.758. The third-order valence-corrected chi connectivity index (χ3v) is 6.87. The van der Waals surface area contributed by atoms with Crippen LogP contribution in [0.3, 0.4) is 0 Å². The summed E-state index contributed by atoms with van der Waals surface area (Å²) >= 11 is 2.09. The number of hydrogen-bond donors (Lipinski definition) is 1. The zero-order valence-electron chi connectivity index (χ0n) is 12.9. The van der Waals surface area contributed by atoms with Crippen molar-refractivity contribution in [3.63, 3.8) is 0 Å². The molecule has 0 bridgehead atoms. The topological polar surface area (TPSA) is 38.5 Å². The van der Waals surface area contributed by atoms with Gasteiger partial charge in [0.15, 0.2) is 0 Å². The maximum absolute atomic E-state index is 6.23. The zero-order chi connectivity index (χ0) is 14.1. The molecule has 0 aromatic carbocycles. The Morgan fingerprint density at radius 2 is 1.90 bits per heavy atom. The lowest BCUT2D eigenvalue weighted by Crippen LogP contribution is -2.53. The molecule has 20 heavy (non-hydrogen) atoms. The number of thioether (sulfide) groups is 1. The molecule has 4 heteroatoms. The lowest BCUT2D eigenvalue weighted by atomic mass is 9.78. The number of likely N-dealkylation sites (tertiary alicyclic amines) is 1. The Morgan fingerprint density at radius 1 is 1.20 bits per heavy atom. The van der Waals surface area contributed by atoms with Crippen LogP contribution >= 0.6 is 11.8 Å². The van der Waals surface area contributed by atoms with Crippen LogP contribution in [0.15, 0.2) is 0 Å². The SMILES string of the molecule is CC1(CN)CCN(C2CCOC3(CCSCC3)C2)CC1. The lowest BCUT2D eigenvalue weighted by Gasteiger charge is -2.49. The molecule has 0 saturated carbocycles. The van der Waals surface area contributed by atoms with Crippen LogP contribution in [0.5, 0.6) is 0 Å². The van der Waals surface area contributed by atoms with E-state index in [1.807, 2.05) is 0 Å². The summed E-state index contributed by atoms with van der Waals surface area (Å²) in [7, 11) is 0. The van der Waals surface area contributed by atoms with Crippen molar-refractivity contribution in [2.45, 2.75) is 57.1 Å². The summed E-state index contributed by atoms with van der Waals surface area (Å²) in [5, 5.41) is 0. The third kappa shape index (κ3) is 3.18. The smallest absolute Gasteiger partial charge is 0.0713 e. The first kappa shape index (κ1) is 15.1.